The summed E-state index contributed by atoms with van der Waals surface area (Å²) < 4.78 is 0. The molecule has 1 fully saturated rings. The zero-order valence-corrected chi connectivity index (χ0v) is 6.54. The lowest BCUT2D eigenvalue weighted by atomic mass is 9.78. The van der Waals surface area contributed by atoms with Crippen LogP contribution in [0.5, 0.6) is 0 Å². The van der Waals surface area contributed by atoms with E-state index in [4.69, 9.17) is 0 Å². The minimum Gasteiger partial charge on any atom is -0.550 e. The normalized spacial score (nSPS) is 46.6. The number of carboxylic acids is 1. The Labute approximate surface area is 65.9 Å². The highest BCUT2D eigenvalue weighted by molar-refractivity contribution is 5.73. The van der Waals surface area contributed by atoms with Crippen LogP contribution in [0.3, 0.4) is 0 Å². The summed E-state index contributed by atoms with van der Waals surface area (Å²) in [7, 11) is 0. The van der Waals surface area contributed by atoms with Crippen molar-refractivity contribution >= 4 is 5.97 Å². The summed E-state index contributed by atoms with van der Waals surface area (Å²) in [6, 6.07) is 0. The molecule has 2 nitrogen and oxygen atoms in total. The molecule has 2 aliphatic rings. The summed E-state index contributed by atoms with van der Waals surface area (Å²) in [5, 5.41) is 10.8. The highest BCUT2D eigenvalue weighted by atomic mass is 16.4. The molecule has 0 saturated heterocycles. The van der Waals surface area contributed by atoms with E-state index in [2.05, 4.69) is 6.08 Å². The van der Waals surface area contributed by atoms with Crippen LogP contribution >= 0.6 is 0 Å². The van der Waals surface area contributed by atoms with Gasteiger partial charge in [0.1, 0.15) is 0 Å². The van der Waals surface area contributed by atoms with E-state index in [9.17, 15) is 9.90 Å². The Morgan fingerprint density at radius 1 is 1.64 bits per heavy atom. The molecule has 0 spiro atoms. The van der Waals surface area contributed by atoms with E-state index in [1.165, 1.54) is 0 Å². The average Bonchev–Trinajstić information content (AvgIpc) is 2.45. The van der Waals surface area contributed by atoms with Gasteiger partial charge in [-0.25, -0.2) is 0 Å². The van der Waals surface area contributed by atoms with Gasteiger partial charge in [-0.2, -0.15) is 0 Å². The zero-order chi connectivity index (χ0) is 8.06. The van der Waals surface area contributed by atoms with Crippen LogP contribution in [0.1, 0.15) is 19.8 Å². The molecule has 0 radical (unpaired) electrons. The largest absolute Gasteiger partial charge is 0.550 e. The Morgan fingerprint density at radius 3 is 2.64 bits per heavy atom. The van der Waals surface area contributed by atoms with E-state index < -0.39 is 11.4 Å². The Bertz CT molecular complexity index is 232. The van der Waals surface area contributed by atoms with Crippen LogP contribution in [0.15, 0.2) is 12.2 Å². The SMILES string of the molecule is CC1(C(=O)[O-])CC2C=CC1C2. The van der Waals surface area contributed by atoms with Gasteiger partial charge in [-0.3, -0.25) is 0 Å². The number of carbonyl (C=O) groups excluding carboxylic acids is 1. The van der Waals surface area contributed by atoms with Crippen LogP contribution < -0.4 is 5.11 Å². The van der Waals surface area contributed by atoms with Crippen LogP contribution in [-0.2, 0) is 4.79 Å². The second-order valence-electron chi connectivity index (χ2n) is 3.90. The maximum atomic E-state index is 10.8. The molecule has 0 amide bonds. The van der Waals surface area contributed by atoms with Crippen LogP contribution in [0.2, 0.25) is 0 Å². The minimum atomic E-state index is -0.880. The summed E-state index contributed by atoms with van der Waals surface area (Å²) in [6.07, 6.45) is 5.96. The van der Waals surface area contributed by atoms with Crippen molar-refractivity contribution in [3.05, 3.63) is 12.2 Å². The molecule has 11 heavy (non-hydrogen) atoms. The summed E-state index contributed by atoms with van der Waals surface area (Å²) >= 11 is 0. The number of fused-ring (bicyclic) bond motifs is 2. The third-order valence-corrected chi connectivity index (χ3v) is 3.14. The first-order valence-corrected chi connectivity index (χ1v) is 4.03. The quantitative estimate of drug-likeness (QED) is 0.507. The second kappa shape index (κ2) is 1.87. The fraction of sp³-hybridized carbons (Fsp3) is 0.667. The Hall–Kier alpha value is -0.790. The third kappa shape index (κ3) is 0.753. The maximum Gasteiger partial charge on any atom is 0.0479 e. The average molecular weight is 151 g/mol. The van der Waals surface area contributed by atoms with E-state index in [1.54, 1.807) is 6.92 Å². The Morgan fingerprint density at radius 2 is 2.36 bits per heavy atom. The van der Waals surface area contributed by atoms with Gasteiger partial charge in [-0.1, -0.05) is 19.1 Å². The summed E-state index contributed by atoms with van der Waals surface area (Å²) in [4.78, 5) is 10.8. The number of aliphatic carboxylic acids is 1. The van der Waals surface area contributed by atoms with Gasteiger partial charge in [-0.05, 0) is 24.7 Å². The summed E-state index contributed by atoms with van der Waals surface area (Å²) in [6.45, 7) is 1.80. The molecule has 0 heterocycles. The van der Waals surface area contributed by atoms with Crippen molar-refractivity contribution in [1.29, 1.82) is 0 Å². The molecule has 2 aliphatic carbocycles. The Balaban J connectivity index is 2.30. The molecule has 0 N–H and O–H groups in total. The van der Waals surface area contributed by atoms with E-state index >= 15 is 0 Å². The van der Waals surface area contributed by atoms with Crippen molar-refractivity contribution in [2.75, 3.05) is 0 Å². The lowest BCUT2D eigenvalue weighted by molar-refractivity contribution is -0.319. The number of rotatable bonds is 1. The molecule has 1 saturated carbocycles. The van der Waals surface area contributed by atoms with Crippen LogP contribution in [0.25, 0.3) is 0 Å². The number of allylic oxidation sites excluding steroid dienone is 2. The van der Waals surface area contributed by atoms with Crippen LogP contribution in [0.4, 0.5) is 0 Å². The predicted octanol–water partition coefficient (Wildman–Crippen LogP) is 0.339. The van der Waals surface area contributed by atoms with Gasteiger partial charge >= 0.3 is 0 Å². The van der Waals surface area contributed by atoms with Gasteiger partial charge in [0.05, 0.1) is 0 Å². The van der Waals surface area contributed by atoms with Crippen molar-refractivity contribution < 1.29 is 9.90 Å². The van der Waals surface area contributed by atoms with E-state index in [0.29, 0.717) is 5.92 Å². The van der Waals surface area contributed by atoms with Crippen LogP contribution in [0, 0.1) is 17.3 Å². The standard InChI is InChI=1S/C9H12O2/c1-9(8(10)11)5-6-2-3-7(9)4-6/h2-3,6-7H,4-5H2,1H3,(H,10,11)/p-1. The monoisotopic (exact) mass is 151 g/mol. The molecule has 0 aliphatic heterocycles. The van der Waals surface area contributed by atoms with Gasteiger partial charge in [0.15, 0.2) is 0 Å². The molecule has 60 valence electrons. The lowest BCUT2D eigenvalue weighted by Crippen LogP contribution is -2.42. The van der Waals surface area contributed by atoms with Crippen LogP contribution in [-0.4, -0.2) is 5.97 Å². The van der Waals surface area contributed by atoms with E-state index in [1.807, 2.05) is 6.08 Å². The highest BCUT2D eigenvalue weighted by Crippen LogP contribution is 2.51. The third-order valence-electron chi connectivity index (χ3n) is 3.14. The van der Waals surface area contributed by atoms with Gasteiger partial charge in [-0.15, -0.1) is 0 Å². The highest BCUT2D eigenvalue weighted by Gasteiger charge is 2.45. The van der Waals surface area contributed by atoms with Gasteiger partial charge in [0.2, 0.25) is 0 Å². The first-order chi connectivity index (χ1) is 5.13. The van der Waals surface area contributed by atoms with Crippen molar-refractivity contribution in [3.63, 3.8) is 0 Å². The zero-order valence-electron chi connectivity index (χ0n) is 6.54. The smallest absolute Gasteiger partial charge is 0.0479 e. The predicted molar refractivity (Wildman–Crippen MR) is 38.5 cm³/mol. The number of hydrogen-bond acceptors (Lipinski definition) is 2. The second-order valence-corrected chi connectivity index (χ2v) is 3.90. The van der Waals surface area contributed by atoms with E-state index in [-0.39, 0.29) is 5.92 Å². The van der Waals surface area contributed by atoms with E-state index in [0.717, 1.165) is 12.8 Å². The number of hydrogen-bond donors (Lipinski definition) is 0. The van der Waals surface area contributed by atoms with Crippen molar-refractivity contribution in [2.45, 2.75) is 19.8 Å². The molecule has 3 atom stereocenters. The minimum absolute atomic E-state index is 0.234. The van der Waals surface area contributed by atoms with Crippen molar-refractivity contribution in [2.24, 2.45) is 17.3 Å². The summed E-state index contributed by atoms with van der Waals surface area (Å²) in [5.74, 6) is -0.144. The van der Waals surface area contributed by atoms with Gasteiger partial charge in [0.25, 0.3) is 0 Å². The molecule has 0 aromatic carbocycles. The first-order valence-electron chi connectivity index (χ1n) is 4.03. The van der Waals surface area contributed by atoms with Crippen molar-refractivity contribution in [3.8, 4) is 0 Å². The molecule has 3 unspecified atom stereocenters. The maximum absolute atomic E-state index is 10.8. The number of carbonyl (C=O) groups is 1. The lowest BCUT2D eigenvalue weighted by Gasteiger charge is -2.32. The molecular weight excluding hydrogens is 140 g/mol. The van der Waals surface area contributed by atoms with Crippen molar-refractivity contribution in [1.82, 2.24) is 0 Å². The fourth-order valence-electron chi connectivity index (χ4n) is 2.33. The molecular formula is C9H11O2-. The number of carboxylic acid groups (broad SMARTS) is 1. The topological polar surface area (TPSA) is 40.1 Å². The fourth-order valence-corrected chi connectivity index (χ4v) is 2.33. The molecule has 2 heteroatoms. The molecule has 0 aromatic heterocycles. The van der Waals surface area contributed by atoms with Gasteiger partial charge in [0, 0.05) is 11.4 Å². The molecule has 2 rings (SSSR count). The molecule has 2 bridgehead atoms. The molecule has 0 aromatic rings. The van der Waals surface area contributed by atoms with Gasteiger partial charge < -0.3 is 9.90 Å². The Kier molecular flexibility index (Phi) is 1.17. The first kappa shape index (κ1) is 6.89. The summed E-state index contributed by atoms with van der Waals surface area (Å²) in [5.41, 5.74) is -0.570.